The molecular weight excluding hydrogens is 260 g/mol. The first-order chi connectivity index (χ1) is 10.2. The molecular formula is C19H20O2. The van der Waals surface area contributed by atoms with Gasteiger partial charge in [0.2, 0.25) is 0 Å². The summed E-state index contributed by atoms with van der Waals surface area (Å²) >= 11 is 0. The Morgan fingerprint density at radius 3 is 2.43 bits per heavy atom. The number of ether oxygens (including phenoxy) is 2. The van der Waals surface area contributed by atoms with Gasteiger partial charge in [-0.05, 0) is 36.1 Å². The molecule has 0 spiro atoms. The first-order valence-corrected chi connectivity index (χ1v) is 7.66. The van der Waals surface area contributed by atoms with E-state index in [1.807, 2.05) is 0 Å². The Hall–Kier alpha value is -1.64. The molecule has 2 unspecified atom stereocenters. The molecule has 1 saturated heterocycles. The first-order valence-electron chi connectivity index (χ1n) is 7.66. The summed E-state index contributed by atoms with van der Waals surface area (Å²) in [5.74, 6) is 0. The lowest BCUT2D eigenvalue weighted by atomic mass is 9.93. The second-order valence-electron chi connectivity index (χ2n) is 6.16. The minimum absolute atomic E-state index is 0.0568. The van der Waals surface area contributed by atoms with Crippen LogP contribution in [0.4, 0.5) is 0 Å². The second kappa shape index (κ2) is 4.97. The van der Waals surface area contributed by atoms with Crippen LogP contribution in [0.5, 0.6) is 0 Å². The molecule has 2 atom stereocenters. The van der Waals surface area contributed by atoms with Gasteiger partial charge < -0.3 is 9.47 Å². The van der Waals surface area contributed by atoms with Crippen molar-refractivity contribution in [1.29, 1.82) is 0 Å². The van der Waals surface area contributed by atoms with Crippen molar-refractivity contribution in [3.8, 4) is 11.1 Å². The molecule has 108 valence electrons. The fourth-order valence-electron chi connectivity index (χ4n) is 3.56. The van der Waals surface area contributed by atoms with Crippen molar-refractivity contribution >= 4 is 0 Å². The largest absolute Gasteiger partial charge is 0.372 e. The van der Waals surface area contributed by atoms with Crippen LogP contribution in [-0.2, 0) is 15.9 Å². The Kier molecular flexibility index (Phi) is 3.09. The van der Waals surface area contributed by atoms with Crippen molar-refractivity contribution in [2.24, 2.45) is 0 Å². The van der Waals surface area contributed by atoms with Crippen molar-refractivity contribution < 1.29 is 9.47 Å². The molecule has 0 bridgehead atoms. The number of aryl methyl sites for hydroxylation is 2. The van der Waals surface area contributed by atoms with Crippen LogP contribution in [0.2, 0.25) is 0 Å². The summed E-state index contributed by atoms with van der Waals surface area (Å²) in [7, 11) is 0. The molecule has 1 aliphatic carbocycles. The normalized spacial score (nSPS) is 23.7. The van der Waals surface area contributed by atoms with Crippen molar-refractivity contribution in [2.45, 2.75) is 32.5 Å². The molecule has 2 nitrogen and oxygen atoms in total. The van der Waals surface area contributed by atoms with Gasteiger partial charge in [-0.15, -0.1) is 0 Å². The van der Waals surface area contributed by atoms with Crippen molar-refractivity contribution in [3.05, 3.63) is 58.7 Å². The Labute approximate surface area is 125 Å². The van der Waals surface area contributed by atoms with E-state index in [1.165, 1.54) is 33.4 Å². The highest BCUT2D eigenvalue weighted by atomic mass is 16.6. The minimum Gasteiger partial charge on any atom is -0.372 e. The molecule has 4 rings (SSSR count). The van der Waals surface area contributed by atoms with Crippen molar-refractivity contribution in [3.63, 3.8) is 0 Å². The average molecular weight is 280 g/mol. The summed E-state index contributed by atoms with van der Waals surface area (Å²) in [5, 5.41) is 0. The van der Waals surface area contributed by atoms with Gasteiger partial charge in [-0.3, -0.25) is 0 Å². The predicted molar refractivity (Wildman–Crippen MR) is 83.5 cm³/mol. The van der Waals surface area contributed by atoms with Crippen LogP contribution in [0.1, 0.15) is 28.4 Å². The number of rotatable bonds is 0. The third-order valence-corrected chi connectivity index (χ3v) is 4.54. The zero-order valence-electron chi connectivity index (χ0n) is 12.6. The number of hydrogen-bond acceptors (Lipinski definition) is 2. The lowest BCUT2D eigenvalue weighted by molar-refractivity contribution is -0.141. The summed E-state index contributed by atoms with van der Waals surface area (Å²) in [6, 6.07) is 13.4. The van der Waals surface area contributed by atoms with Crippen LogP contribution in [0.15, 0.2) is 36.4 Å². The van der Waals surface area contributed by atoms with Gasteiger partial charge in [0, 0.05) is 6.42 Å². The molecule has 21 heavy (non-hydrogen) atoms. The first kappa shape index (κ1) is 13.1. The SMILES string of the molecule is Cc1ccc2c(c1)CC1OCCOC1c1cc(C)ccc1-2. The van der Waals surface area contributed by atoms with E-state index in [9.17, 15) is 0 Å². The molecule has 1 aliphatic heterocycles. The smallest absolute Gasteiger partial charge is 0.110 e. The Bertz CT molecular complexity index is 690. The topological polar surface area (TPSA) is 18.5 Å². The molecule has 2 aromatic rings. The van der Waals surface area contributed by atoms with Crippen LogP contribution in [0.3, 0.4) is 0 Å². The van der Waals surface area contributed by atoms with Crippen molar-refractivity contribution in [2.75, 3.05) is 13.2 Å². The summed E-state index contributed by atoms with van der Waals surface area (Å²) < 4.78 is 12.1. The van der Waals surface area contributed by atoms with Crippen LogP contribution in [0, 0.1) is 13.8 Å². The quantitative estimate of drug-likeness (QED) is 0.726. The van der Waals surface area contributed by atoms with E-state index in [1.54, 1.807) is 0 Å². The van der Waals surface area contributed by atoms with E-state index in [4.69, 9.17) is 9.47 Å². The minimum atomic E-state index is 0.0568. The molecule has 0 N–H and O–H groups in total. The molecule has 1 fully saturated rings. The fraction of sp³-hybridized carbons (Fsp3) is 0.368. The summed E-state index contributed by atoms with van der Waals surface area (Å²) in [5.41, 5.74) is 7.86. The standard InChI is InChI=1S/C19H20O2/c1-12-3-5-15-14(9-12)11-18-19(21-8-7-20-18)17-10-13(2)4-6-16(15)17/h3-6,9-10,18-19H,7-8,11H2,1-2H3. The van der Waals surface area contributed by atoms with Crippen LogP contribution in [0.25, 0.3) is 11.1 Å². The van der Waals surface area contributed by atoms with Gasteiger partial charge in [0.25, 0.3) is 0 Å². The third-order valence-electron chi connectivity index (χ3n) is 4.54. The molecule has 0 radical (unpaired) electrons. The van der Waals surface area contributed by atoms with Gasteiger partial charge in [0.05, 0.1) is 19.3 Å². The van der Waals surface area contributed by atoms with E-state index < -0.39 is 0 Å². The summed E-state index contributed by atoms with van der Waals surface area (Å²) in [6.07, 6.45) is 1.11. The molecule has 0 amide bonds. The lowest BCUT2D eigenvalue weighted by Crippen LogP contribution is -2.33. The van der Waals surface area contributed by atoms with E-state index in [0.717, 1.165) is 6.42 Å². The maximum absolute atomic E-state index is 6.08. The predicted octanol–water partition coefficient (Wildman–Crippen LogP) is 3.98. The highest BCUT2D eigenvalue weighted by molar-refractivity contribution is 5.73. The Balaban J connectivity index is 1.96. The van der Waals surface area contributed by atoms with E-state index in [0.29, 0.717) is 13.2 Å². The van der Waals surface area contributed by atoms with Gasteiger partial charge in [0.1, 0.15) is 6.10 Å². The molecule has 2 aliphatic rings. The number of benzene rings is 2. The molecule has 1 heterocycles. The highest BCUT2D eigenvalue weighted by Gasteiger charge is 2.34. The van der Waals surface area contributed by atoms with Crippen LogP contribution < -0.4 is 0 Å². The second-order valence-corrected chi connectivity index (χ2v) is 6.16. The zero-order chi connectivity index (χ0) is 14.4. The van der Waals surface area contributed by atoms with Crippen LogP contribution in [-0.4, -0.2) is 19.3 Å². The van der Waals surface area contributed by atoms with Crippen molar-refractivity contribution in [1.82, 2.24) is 0 Å². The van der Waals surface area contributed by atoms with Gasteiger partial charge in [-0.1, -0.05) is 47.5 Å². The van der Waals surface area contributed by atoms with Gasteiger partial charge in [-0.2, -0.15) is 0 Å². The van der Waals surface area contributed by atoms with E-state index >= 15 is 0 Å². The average Bonchev–Trinajstić information content (AvgIpc) is 2.61. The maximum atomic E-state index is 6.08. The zero-order valence-corrected chi connectivity index (χ0v) is 12.6. The summed E-state index contributed by atoms with van der Waals surface area (Å²) in [4.78, 5) is 0. The van der Waals surface area contributed by atoms with Crippen LogP contribution >= 0.6 is 0 Å². The lowest BCUT2D eigenvalue weighted by Gasteiger charge is -2.31. The van der Waals surface area contributed by atoms with Gasteiger partial charge in [0.15, 0.2) is 0 Å². The Morgan fingerprint density at radius 1 is 0.857 bits per heavy atom. The van der Waals surface area contributed by atoms with Gasteiger partial charge >= 0.3 is 0 Å². The fourth-order valence-corrected chi connectivity index (χ4v) is 3.56. The Morgan fingerprint density at radius 2 is 1.57 bits per heavy atom. The molecule has 2 heteroatoms. The summed E-state index contributed by atoms with van der Waals surface area (Å²) in [6.45, 7) is 5.67. The van der Waals surface area contributed by atoms with E-state index in [2.05, 4.69) is 50.2 Å². The molecule has 0 aromatic heterocycles. The number of hydrogen-bond donors (Lipinski definition) is 0. The maximum Gasteiger partial charge on any atom is 0.110 e. The van der Waals surface area contributed by atoms with E-state index in [-0.39, 0.29) is 12.2 Å². The molecule has 0 saturated carbocycles. The molecule has 2 aromatic carbocycles. The third kappa shape index (κ3) is 2.19. The van der Waals surface area contributed by atoms with Gasteiger partial charge in [-0.25, -0.2) is 0 Å². The monoisotopic (exact) mass is 280 g/mol. The highest BCUT2D eigenvalue weighted by Crippen LogP contribution is 2.41. The number of fused-ring (bicyclic) bond motifs is 5.